The van der Waals surface area contributed by atoms with Gasteiger partial charge in [-0.3, -0.25) is 4.57 Å². The Balaban J connectivity index is 2.48. The number of hydrogen-bond acceptors (Lipinski definition) is 3. The van der Waals surface area contributed by atoms with Crippen LogP contribution in [0.15, 0.2) is 24.5 Å². The third kappa shape index (κ3) is 0.680. The quantitative estimate of drug-likeness (QED) is 0.598. The molecule has 0 atom stereocenters. The minimum Gasteiger partial charge on any atom is -0.290 e. The predicted molar refractivity (Wildman–Crippen MR) is 33.5 cm³/mol. The molecule has 0 bridgehead atoms. The predicted octanol–water partition coefficient (Wildman–Crippen LogP) is -0.00960. The molecule has 2 aromatic rings. The number of hydrogen-bond donors (Lipinski definition) is 1. The molecule has 0 aliphatic rings. The van der Waals surface area contributed by atoms with Crippen LogP contribution in [0.4, 0.5) is 0 Å². The van der Waals surface area contributed by atoms with Gasteiger partial charge >= 0.3 is 0 Å². The fourth-order valence-electron chi connectivity index (χ4n) is 0.734. The summed E-state index contributed by atoms with van der Waals surface area (Å²) in [4.78, 5) is 0. The fourth-order valence-corrected chi connectivity index (χ4v) is 0.734. The van der Waals surface area contributed by atoms with Crippen LogP contribution in [0.25, 0.3) is 5.95 Å². The lowest BCUT2D eigenvalue weighted by molar-refractivity contribution is 0.881. The van der Waals surface area contributed by atoms with Gasteiger partial charge in [-0.05, 0) is 17.3 Å². The van der Waals surface area contributed by atoms with Crippen molar-refractivity contribution in [1.82, 2.24) is 25.2 Å². The van der Waals surface area contributed by atoms with Crippen LogP contribution >= 0.6 is 0 Å². The van der Waals surface area contributed by atoms with Crippen LogP contribution in [0.5, 0.6) is 0 Å². The van der Waals surface area contributed by atoms with E-state index >= 15 is 0 Å². The van der Waals surface area contributed by atoms with E-state index in [0.717, 1.165) is 0 Å². The van der Waals surface area contributed by atoms with Gasteiger partial charge in [-0.15, -0.1) is 5.10 Å². The summed E-state index contributed by atoms with van der Waals surface area (Å²) in [7, 11) is 0. The molecule has 0 amide bonds. The summed E-state index contributed by atoms with van der Waals surface area (Å²) in [5.41, 5.74) is 0. The fraction of sp³-hybridized carbons (Fsp3) is 0. The van der Waals surface area contributed by atoms with Crippen molar-refractivity contribution in [2.45, 2.75) is 0 Å². The zero-order valence-electron chi connectivity index (χ0n) is 5.10. The summed E-state index contributed by atoms with van der Waals surface area (Å²) in [6.07, 6.45) is 3.70. The first-order valence-electron chi connectivity index (χ1n) is 2.83. The normalized spacial score (nSPS) is 10.0. The van der Waals surface area contributed by atoms with Crippen molar-refractivity contribution in [3.05, 3.63) is 24.5 Å². The van der Waals surface area contributed by atoms with Gasteiger partial charge in [-0.25, -0.2) is 0 Å². The maximum atomic E-state index is 3.77. The number of aromatic nitrogens is 5. The van der Waals surface area contributed by atoms with E-state index in [4.69, 9.17) is 0 Å². The molecule has 1 N–H and O–H groups in total. The summed E-state index contributed by atoms with van der Waals surface area (Å²) in [5, 5.41) is 13.3. The third-order valence-corrected chi connectivity index (χ3v) is 1.17. The van der Waals surface area contributed by atoms with Crippen LogP contribution in [0.2, 0.25) is 0 Å². The molecule has 5 nitrogen and oxygen atoms in total. The molecular formula is C5H5N5. The molecule has 10 heavy (non-hydrogen) atoms. The Morgan fingerprint density at radius 3 is 2.70 bits per heavy atom. The van der Waals surface area contributed by atoms with Gasteiger partial charge in [-0.2, -0.15) is 5.21 Å². The lowest BCUT2D eigenvalue weighted by Gasteiger charge is -1.88. The number of rotatable bonds is 1. The highest BCUT2D eigenvalue weighted by Gasteiger charge is 1.95. The summed E-state index contributed by atoms with van der Waals surface area (Å²) in [6.45, 7) is 0. The Labute approximate surface area is 56.7 Å². The van der Waals surface area contributed by atoms with Gasteiger partial charge in [0.1, 0.15) is 0 Å². The molecule has 0 saturated heterocycles. The number of nitrogens with zero attached hydrogens (tertiary/aromatic N) is 4. The average Bonchev–Trinajstić information content (AvgIpc) is 2.59. The number of tetrazole rings is 1. The Morgan fingerprint density at radius 1 is 1.30 bits per heavy atom. The first kappa shape index (κ1) is 5.16. The summed E-state index contributed by atoms with van der Waals surface area (Å²) < 4.78 is 1.77. The molecule has 2 aromatic heterocycles. The number of nitrogens with one attached hydrogen (secondary N) is 1. The number of H-pyrrole nitrogens is 1. The Morgan fingerprint density at radius 2 is 2.10 bits per heavy atom. The van der Waals surface area contributed by atoms with Crippen molar-refractivity contribution in [1.29, 1.82) is 0 Å². The van der Waals surface area contributed by atoms with Gasteiger partial charge < -0.3 is 0 Å². The Kier molecular flexibility index (Phi) is 1.00. The van der Waals surface area contributed by atoms with E-state index in [9.17, 15) is 0 Å². The summed E-state index contributed by atoms with van der Waals surface area (Å²) in [6, 6.07) is 3.80. The van der Waals surface area contributed by atoms with Crippen molar-refractivity contribution in [2.24, 2.45) is 0 Å². The highest BCUT2D eigenvalue weighted by molar-refractivity contribution is 5.08. The van der Waals surface area contributed by atoms with E-state index in [1.54, 1.807) is 4.57 Å². The molecule has 0 radical (unpaired) electrons. The standard InChI is InChI=1S/C5H5N5/c1-2-4-10(3-1)5-6-8-9-7-5/h1-4H,(H,6,7,8,9). The van der Waals surface area contributed by atoms with E-state index in [0.29, 0.717) is 5.95 Å². The molecule has 2 rings (SSSR count). The maximum Gasteiger partial charge on any atom is 0.273 e. The lowest BCUT2D eigenvalue weighted by Crippen LogP contribution is -1.91. The third-order valence-electron chi connectivity index (χ3n) is 1.17. The molecule has 0 aromatic carbocycles. The Bertz CT molecular complexity index is 249. The molecule has 0 fully saturated rings. The molecule has 0 unspecified atom stereocenters. The lowest BCUT2D eigenvalue weighted by atomic mass is 10.7. The van der Waals surface area contributed by atoms with Crippen molar-refractivity contribution in [2.75, 3.05) is 0 Å². The SMILES string of the molecule is c1ccn(-c2nn[nH]n2)c1. The average molecular weight is 135 g/mol. The van der Waals surface area contributed by atoms with E-state index in [1.165, 1.54) is 0 Å². The number of aromatic amines is 1. The topological polar surface area (TPSA) is 59.4 Å². The van der Waals surface area contributed by atoms with E-state index in [1.807, 2.05) is 24.5 Å². The first-order valence-corrected chi connectivity index (χ1v) is 2.83. The monoisotopic (exact) mass is 135 g/mol. The van der Waals surface area contributed by atoms with Gasteiger partial charge in [0.15, 0.2) is 0 Å². The molecular weight excluding hydrogens is 130 g/mol. The second-order valence-electron chi connectivity index (χ2n) is 1.80. The highest BCUT2D eigenvalue weighted by atomic mass is 15.5. The molecule has 2 heterocycles. The molecule has 0 spiro atoms. The van der Waals surface area contributed by atoms with Gasteiger partial charge in [0, 0.05) is 12.4 Å². The maximum absolute atomic E-state index is 3.77. The first-order chi connectivity index (χ1) is 4.97. The van der Waals surface area contributed by atoms with Gasteiger partial charge in [0.05, 0.1) is 0 Å². The van der Waals surface area contributed by atoms with Crippen molar-refractivity contribution in [3.63, 3.8) is 0 Å². The van der Waals surface area contributed by atoms with Crippen LogP contribution < -0.4 is 0 Å². The van der Waals surface area contributed by atoms with Gasteiger partial charge in [0.2, 0.25) is 0 Å². The summed E-state index contributed by atoms with van der Waals surface area (Å²) in [5.74, 6) is 0.560. The molecule has 0 saturated carbocycles. The van der Waals surface area contributed by atoms with Crippen LogP contribution in [0, 0.1) is 0 Å². The van der Waals surface area contributed by atoms with Crippen molar-refractivity contribution < 1.29 is 0 Å². The van der Waals surface area contributed by atoms with Crippen LogP contribution in [0.3, 0.4) is 0 Å². The zero-order chi connectivity index (χ0) is 6.81. The van der Waals surface area contributed by atoms with Gasteiger partial charge in [0.25, 0.3) is 5.95 Å². The van der Waals surface area contributed by atoms with Gasteiger partial charge in [-0.1, -0.05) is 5.10 Å². The largest absolute Gasteiger partial charge is 0.290 e. The molecule has 5 heteroatoms. The van der Waals surface area contributed by atoms with E-state index in [-0.39, 0.29) is 0 Å². The van der Waals surface area contributed by atoms with E-state index < -0.39 is 0 Å². The molecule has 50 valence electrons. The highest BCUT2D eigenvalue weighted by Crippen LogP contribution is 1.95. The minimum absolute atomic E-state index is 0.560. The second-order valence-corrected chi connectivity index (χ2v) is 1.80. The van der Waals surface area contributed by atoms with Crippen molar-refractivity contribution >= 4 is 0 Å². The smallest absolute Gasteiger partial charge is 0.273 e. The molecule has 0 aliphatic heterocycles. The Hall–Kier alpha value is -1.65. The van der Waals surface area contributed by atoms with Crippen LogP contribution in [0.1, 0.15) is 0 Å². The van der Waals surface area contributed by atoms with Crippen LogP contribution in [-0.4, -0.2) is 25.2 Å². The molecule has 0 aliphatic carbocycles. The summed E-state index contributed by atoms with van der Waals surface area (Å²) >= 11 is 0. The second kappa shape index (κ2) is 1.94. The zero-order valence-corrected chi connectivity index (χ0v) is 5.10. The van der Waals surface area contributed by atoms with Crippen molar-refractivity contribution in [3.8, 4) is 5.95 Å². The van der Waals surface area contributed by atoms with Crippen LogP contribution in [-0.2, 0) is 0 Å². The minimum atomic E-state index is 0.560. The van der Waals surface area contributed by atoms with E-state index in [2.05, 4.69) is 20.6 Å².